The number of rotatable bonds is 5. The zero-order chi connectivity index (χ0) is 17.1. The third-order valence-electron chi connectivity index (χ3n) is 4.85. The third-order valence-corrected chi connectivity index (χ3v) is 4.85. The van der Waals surface area contributed by atoms with E-state index in [0.717, 1.165) is 49.5 Å². The number of ether oxygens (including phenoxy) is 1. The van der Waals surface area contributed by atoms with Gasteiger partial charge in [0.2, 0.25) is 0 Å². The minimum atomic E-state index is 0.331. The van der Waals surface area contributed by atoms with Crippen molar-refractivity contribution in [3.63, 3.8) is 0 Å². The van der Waals surface area contributed by atoms with Crippen molar-refractivity contribution in [1.82, 2.24) is 14.6 Å². The third kappa shape index (κ3) is 3.51. The Kier molecular flexibility index (Phi) is 4.65. The number of aryl methyl sites for hydroxylation is 1. The molecule has 0 unspecified atom stereocenters. The molecule has 25 heavy (non-hydrogen) atoms. The fourth-order valence-electron chi connectivity index (χ4n) is 3.39. The zero-order valence-corrected chi connectivity index (χ0v) is 14.6. The van der Waals surface area contributed by atoms with Crippen molar-refractivity contribution in [2.24, 2.45) is 0 Å². The summed E-state index contributed by atoms with van der Waals surface area (Å²) >= 11 is 0. The highest BCUT2D eigenvalue weighted by Gasteiger charge is 2.22. The highest BCUT2D eigenvalue weighted by atomic mass is 16.5. The van der Waals surface area contributed by atoms with Gasteiger partial charge in [-0.25, -0.2) is 4.98 Å². The lowest BCUT2D eigenvalue weighted by Gasteiger charge is -2.33. The molecule has 4 rings (SSSR count). The van der Waals surface area contributed by atoms with Crippen LogP contribution in [0.5, 0.6) is 0 Å². The Balaban J connectivity index is 1.41. The summed E-state index contributed by atoms with van der Waals surface area (Å²) in [5.74, 6) is 1.15. The van der Waals surface area contributed by atoms with E-state index in [9.17, 15) is 0 Å². The Morgan fingerprint density at radius 1 is 1.12 bits per heavy atom. The Morgan fingerprint density at radius 3 is 2.68 bits per heavy atom. The Bertz CT molecular complexity index is 822. The van der Waals surface area contributed by atoms with Crippen molar-refractivity contribution >= 4 is 11.5 Å². The maximum Gasteiger partial charge on any atom is 0.157 e. The molecular weight excluding hydrogens is 312 g/mol. The van der Waals surface area contributed by atoms with E-state index in [4.69, 9.17) is 4.74 Å². The van der Waals surface area contributed by atoms with Crippen molar-refractivity contribution in [3.8, 4) is 0 Å². The number of hydrogen-bond donors (Lipinski definition) is 0. The number of hydrogen-bond acceptors (Lipinski definition) is 4. The fourth-order valence-corrected chi connectivity index (χ4v) is 3.39. The topological polar surface area (TPSA) is 42.7 Å². The van der Waals surface area contributed by atoms with Crippen molar-refractivity contribution < 1.29 is 4.74 Å². The Hall–Kier alpha value is -2.40. The van der Waals surface area contributed by atoms with Crippen molar-refractivity contribution in [2.45, 2.75) is 38.9 Å². The van der Waals surface area contributed by atoms with Gasteiger partial charge in [-0.2, -0.15) is 9.61 Å². The molecule has 1 aromatic carbocycles. The first-order chi connectivity index (χ1) is 12.3. The Morgan fingerprint density at radius 2 is 1.92 bits per heavy atom. The molecule has 0 radical (unpaired) electrons. The maximum absolute atomic E-state index is 6.11. The number of nitrogens with zero attached hydrogens (tertiary/aromatic N) is 4. The van der Waals surface area contributed by atoms with Gasteiger partial charge < -0.3 is 9.64 Å². The maximum atomic E-state index is 6.11. The SMILES string of the molecule is CCc1cc(N2CCC(OCc3ccccc3)CC2)n2nccc2n1. The standard InChI is InChI=1S/C20H24N4O/c1-2-17-14-20(24-19(22-17)8-11-21-24)23-12-9-18(10-13-23)25-15-16-6-4-3-5-7-16/h3-8,11,14,18H,2,9-10,12-13,15H2,1H3. The molecule has 3 heterocycles. The number of benzene rings is 1. The Labute approximate surface area is 148 Å². The summed E-state index contributed by atoms with van der Waals surface area (Å²) in [4.78, 5) is 7.04. The molecule has 130 valence electrons. The summed E-state index contributed by atoms with van der Waals surface area (Å²) in [6, 6.07) is 14.5. The van der Waals surface area contributed by atoms with E-state index < -0.39 is 0 Å². The molecule has 0 amide bonds. The molecule has 5 heteroatoms. The average molecular weight is 336 g/mol. The monoisotopic (exact) mass is 336 g/mol. The first-order valence-corrected chi connectivity index (χ1v) is 9.07. The summed E-state index contributed by atoms with van der Waals surface area (Å²) in [6.45, 7) is 4.82. The lowest BCUT2D eigenvalue weighted by Crippen LogP contribution is -2.38. The quantitative estimate of drug-likeness (QED) is 0.715. The van der Waals surface area contributed by atoms with Gasteiger partial charge in [0.15, 0.2) is 5.65 Å². The number of piperidine rings is 1. The molecule has 3 aromatic rings. The van der Waals surface area contributed by atoms with E-state index in [-0.39, 0.29) is 0 Å². The largest absolute Gasteiger partial charge is 0.373 e. The minimum absolute atomic E-state index is 0.331. The van der Waals surface area contributed by atoms with E-state index in [1.165, 1.54) is 5.56 Å². The smallest absolute Gasteiger partial charge is 0.157 e. The molecule has 1 fully saturated rings. The van der Waals surface area contributed by atoms with Crippen LogP contribution >= 0.6 is 0 Å². The zero-order valence-electron chi connectivity index (χ0n) is 14.6. The molecule has 0 atom stereocenters. The van der Waals surface area contributed by atoms with Crippen LogP contribution in [0.1, 0.15) is 31.0 Å². The van der Waals surface area contributed by atoms with E-state index in [1.54, 1.807) is 0 Å². The van der Waals surface area contributed by atoms with Gasteiger partial charge in [-0.1, -0.05) is 37.3 Å². The van der Waals surface area contributed by atoms with Gasteiger partial charge in [0, 0.05) is 30.9 Å². The van der Waals surface area contributed by atoms with E-state index in [2.05, 4.69) is 52.2 Å². The van der Waals surface area contributed by atoms with Gasteiger partial charge in [-0.05, 0) is 24.8 Å². The lowest BCUT2D eigenvalue weighted by atomic mass is 10.1. The van der Waals surface area contributed by atoms with Crippen LogP contribution in [0.2, 0.25) is 0 Å². The van der Waals surface area contributed by atoms with Crippen molar-refractivity contribution in [1.29, 1.82) is 0 Å². The van der Waals surface area contributed by atoms with Crippen molar-refractivity contribution in [2.75, 3.05) is 18.0 Å². The number of anilines is 1. The average Bonchev–Trinajstić information content (AvgIpc) is 3.15. The van der Waals surface area contributed by atoms with Crippen LogP contribution in [0.25, 0.3) is 5.65 Å². The summed E-state index contributed by atoms with van der Waals surface area (Å²) in [5.41, 5.74) is 3.28. The molecular formula is C20H24N4O. The normalized spacial score (nSPS) is 15.8. The predicted octanol–water partition coefficient (Wildman–Crippen LogP) is 3.48. The number of fused-ring (bicyclic) bond motifs is 1. The van der Waals surface area contributed by atoms with Gasteiger partial charge in [-0.3, -0.25) is 0 Å². The van der Waals surface area contributed by atoms with Crippen LogP contribution in [0, 0.1) is 0 Å². The predicted molar refractivity (Wildman–Crippen MR) is 98.8 cm³/mol. The van der Waals surface area contributed by atoms with Gasteiger partial charge >= 0.3 is 0 Å². The molecule has 0 saturated carbocycles. The van der Waals surface area contributed by atoms with Gasteiger partial charge in [0.25, 0.3) is 0 Å². The molecule has 0 spiro atoms. The van der Waals surface area contributed by atoms with Gasteiger partial charge in [-0.15, -0.1) is 0 Å². The highest BCUT2D eigenvalue weighted by Crippen LogP contribution is 2.23. The second kappa shape index (κ2) is 7.23. The molecule has 1 aliphatic rings. The van der Waals surface area contributed by atoms with E-state index >= 15 is 0 Å². The lowest BCUT2D eigenvalue weighted by molar-refractivity contribution is 0.0250. The van der Waals surface area contributed by atoms with Gasteiger partial charge in [0.1, 0.15) is 5.82 Å². The number of aromatic nitrogens is 3. The molecule has 1 saturated heterocycles. The second-order valence-electron chi connectivity index (χ2n) is 6.54. The summed E-state index contributed by atoms with van der Waals surface area (Å²) in [5, 5.41) is 4.45. The van der Waals surface area contributed by atoms with E-state index in [1.807, 2.05) is 22.8 Å². The first kappa shape index (κ1) is 16.1. The fraction of sp³-hybridized carbons (Fsp3) is 0.400. The first-order valence-electron chi connectivity index (χ1n) is 9.07. The van der Waals surface area contributed by atoms with Crippen molar-refractivity contribution in [3.05, 3.63) is 59.9 Å². The molecule has 0 bridgehead atoms. The minimum Gasteiger partial charge on any atom is -0.373 e. The van der Waals surface area contributed by atoms with Crippen LogP contribution in [-0.4, -0.2) is 33.8 Å². The molecule has 1 aliphatic heterocycles. The van der Waals surface area contributed by atoms with Crippen LogP contribution in [0.3, 0.4) is 0 Å². The van der Waals surface area contributed by atoms with Crippen LogP contribution in [0.15, 0.2) is 48.7 Å². The molecule has 0 N–H and O–H groups in total. The van der Waals surface area contributed by atoms with Crippen LogP contribution in [0.4, 0.5) is 5.82 Å². The summed E-state index contributed by atoms with van der Waals surface area (Å²) in [6.07, 6.45) is 5.17. The van der Waals surface area contributed by atoms with E-state index in [0.29, 0.717) is 12.7 Å². The van der Waals surface area contributed by atoms with Crippen LogP contribution in [-0.2, 0) is 17.8 Å². The van der Waals surface area contributed by atoms with Crippen LogP contribution < -0.4 is 4.90 Å². The van der Waals surface area contributed by atoms with Gasteiger partial charge in [0.05, 0.1) is 18.9 Å². The summed E-state index contributed by atoms with van der Waals surface area (Å²) in [7, 11) is 0. The molecule has 0 aliphatic carbocycles. The highest BCUT2D eigenvalue weighted by molar-refractivity contribution is 5.51. The summed E-state index contributed by atoms with van der Waals surface area (Å²) < 4.78 is 8.06. The molecule has 5 nitrogen and oxygen atoms in total. The molecule has 2 aromatic heterocycles. The second-order valence-corrected chi connectivity index (χ2v) is 6.54.